The van der Waals surface area contributed by atoms with Crippen LogP contribution in [0.3, 0.4) is 0 Å². The Hall–Kier alpha value is -2.26. The number of para-hydroxylation sites is 1. The molecular formula is C20H26N4O4S. The van der Waals surface area contributed by atoms with Crippen LogP contribution in [0, 0.1) is 6.92 Å². The predicted octanol–water partition coefficient (Wildman–Crippen LogP) is 0.473. The maximum absolute atomic E-state index is 12.7. The van der Waals surface area contributed by atoms with E-state index in [1.807, 2.05) is 19.1 Å². The van der Waals surface area contributed by atoms with E-state index in [9.17, 15) is 18.0 Å². The number of fused-ring (bicyclic) bond motifs is 1. The third kappa shape index (κ3) is 4.20. The summed E-state index contributed by atoms with van der Waals surface area (Å²) in [6.45, 7) is 3.86. The molecule has 3 heterocycles. The van der Waals surface area contributed by atoms with Crippen LogP contribution in [-0.2, 0) is 21.2 Å². The van der Waals surface area contributed by atoms with Gasteiger partial charge in [-0.05, 0) is 44.5 Å². The van der Waals surface area contributed by atoms with Crippen LogP contribution in [0.5, 0.6) is 0 Å². The van der Waals surface area contributed by atoms with Crippen molar-refractivity contribution < 1.29 is 13.2 Å². The molecule has 2 aromatic rings. The van der Waals surface area contributed by atoms with Crippen LogP contribution in [-0.4, -0.2) is 65.5 Å². The highest BCUT2D eigenvalue weighted by Crippen LogP contribution is 2.22. The van der Waals surface area contributed by atoms with Gasteiger partial charge in [0.15, 0.2) is 9.84 Å². The van der Waals surface area contributed by atoms with Gasteiger partial charge in [0, 0.05) is 19.0 Å². The highest BCUT2D eigenvalue weighted by molar-refractivity contribution is 7.91. The van der Waals surface area contributed by atoms with Gasteiger partial charge in [0.1, 0.15) is 0 Å². The number of aryl methyl sites for hydroxylation is 2. The Morgan fingerprint density at radius 3 is 2.76 bits per heavy atom. The molecule has 1 amide bonds. The van der Waals surface area contributed by atoms with E-state index in [1.54, 1.807) is 6.07 Å². The molecule has 1 aromatic heterocycles. The number of nitrogens with zero attached hydrogens (tertiary/aromatic N) is 3. The van der Waals surface area contributed by atoms with Crippen LogP contribution in [0.4, 0.5) is 0 Å². The van der Waals surface area contributed by atoms with Crippen molar-refractivity contribution in [3.63, 3.8) is 0 Å². The van der Waals surface area contributed by atoms with Crippen molar-refractivity contribution in [1.82, 2.24) is 19.8 Å². The summed E-state index contributed by atoms with van der Waals surface area (Å²) in [5, 5.41) is 3.43. The lowest BCUT2D eigenvalue weighted by molar-refractivity contribution is -0.122. The largest absolute Gasteiger partial charge is 0.351 e. The molecule has 1 N–H and O–H groups in total. The Labute approximate surface area is 169 Å². The average Bonchev–Trinajstić information content (AvgIpc) is 3.29. The highest BCUT2D eigenvalue weighted by Gasteiger charge is 2.42. The molecule has 2 aliphatic rings. The molecule has 29 heavy (non-hydrogen) atoms. The zero-order valence-electron chi connectivity index (χ0n) is 16.5. The number of benzene rings is 1. The average molecular weight is 419 g/mol. The number of hydrogen-bond acceptors (Lipinski definition) is 6. The Morgan fingerprint density at radius 2 is 2.00 bits per heavy atom. The van der Waals surface area contributed by atoms with Gasteiger partial charge in [-0.15, -0.1) is 0 Å². The van der Waals surface area contributed by atoms with Crippen LogP contribution < -0.4 is 10.9 Å². The fourth-order valence-corrected chi connectivity index (χ4v) is 6.35. The van der Waals surface area contributed by atoms with Crippen LogP contribution in [0.2, 0.25) is 0 Å². The molecule has 1 aromatic carbocycles. The van der Waals surface area contributed by atoms with Crippen molar-refractivity contribution in [1.29, 1.82) is 0 Å². The van der Waals surface area contributed by atoms with Crippen molar-refractivity contribution in [3.8, 4) is 0 Å². The summed E-state index contributed by atoms with van der Waals surface area (Å²) in [5.74, 6) is -0.158. The van der Waals surface area contributed by atoms with Crippen molar-refractivity contribution >= 4 is 26.6 Å². The van der Waals surface area contributed by atoms with Gasteiger partial charge >= 0.3 is 0 Å². The number of amides is 1. The van der Waals surface area contributed by atoms with Crippen molar-refractivity contribution in [3.05, 3.63) is 40.4 Å². The molecule has 0 bridgehead atoms. The van der Waals surface area contributed by atoms with Gasteiger partial charge in [0.2, 0.25) is 5.91 Å². The van der Waals surface area contributed by atoms with Gasteiger partial charge in [0.25, 0.3) is 5.56 Å². The smallest absolute Gasteiger partial charge is 0.261 e. The number of nitrogens with one attached hydrogen (secondary N) is 1. The Balaban J connectivity index is 1.43. The molecular weight excluding hydrogens is 392 g/mol. The first-order valence-electron chi connectivity index (χ1n) is 10.0. The Morgan fingerprint density at radius 1 is 1.24 bits per heavy atom. The van der Waals surface area contributed by atoms with E-state index in [4.69, 9.17) is 0 Å². The van der Waals surface area contributed by atoms with Gasteiger partial charge in [0.05, 0.1) is 34.8 Å². The summed E-state index contributed by atoms with van der Waals surface area (Å²) < 4.78 is 25.7. The quantitative estimate of drug-likeness (QED) is 0.758. The molecule has 0 radical (unpaired) electrons. The van der Waals surface area contributed by atoms with Crippen molar-refractivity contribution in [2.24, 2.45) is 0 Å². The standard InChI is InChI=1S/C20H26N4O4S/c1-14-5-4-6-15-19(14)21-13-24(20(15)26)10-7-18(25)22-16-11-29(27,28)12-17(16)23-8-2-3-9-23/h4-6,13,16-17H,2-3,7-12H2,1H3,(H,22,25). The Bertz CT molecular complexity index is 1090. The third-order valence-corrected chi connectivity index (χ3v) is 7.63. The molecule has 4 rings (SSSR count). The molecule has 0 saturated carbocycles. The minimum Gasteiger partial charge on any atom is -0.351 e. The maximum Gasteiger partial charge on any atom is 0.261 e. The second-order valence-electron chi connectivity index (χ2n) is 8.03. The summed E-state index contributed by atoms with van der Waals surface area (Å²) in [6.07, 6.45) is 3.70. The molecule has 2 fully saturated rings. The third-order valence-electron chi connectivity index (χ3n) is 5.91. The predicted molar refractivity (Wildman–Crippen MR) is 111 cm³/mol. The number of carbonyl (C=O) groups is 1. The van der Waals surface area contributed by atoms with Crippen molar-refractivity contribution in [2.45, 2.75) is 44.8 Å². The summed E-state index contributed by atoms with van der Waals surface area (Å²) in [7, 11) is -3.15. The highest BCUT2D eigenvalue weighted by atomic mass is 32.2. The zero-order valence-corrected chi connectivity index (χ0v) is 17.3. The first-order valence-corrected chi connectivity index (χ1v) is 11.8. The van der Waals surface area contributed by atoms with E-state index < -0.39 is 9.84 Å². The minimum atomic E-state index is -3.15. The number of carbonyl (C=O) groups excluding carboxylic acids is 1. The monoisotopic (exact) mass is 418 g/mol. The molecule has 2 unspecified atom stereocenters. The molecule has 2 saturated heterocycles. The molecule has 2 aliphatic heterocycles. The summed E-state index contributed by atoms with van der Waals surface area (Å²) in [5.41, 5.74) is 1.42. The summed E-state index contributed by atoms with van der Waals surface area (Å²) in [6, 6.07) is 4.91. The molecule has 8 nitrogen and oxygen atoms in total. The maximum atomic E-state index is 12.7. The van der Waals surface area contributed by atoms with E-state index in [0.29, 0.717) is 10.9 Å². The minimum absolute atomic E-state index is 0.0172. The fourth-order valence-electron chi connectivity index (χ4n) is 4.40. The first kappa shape index (κ1) is 20.0. The second-order valence-corrected chi connectivity index (χ2v) is 10.2. The van der Waals surface area contributed by atoms with E-state index in [0.717, 1.165) is 31.5 Å². The summed E-state index contributed by atoms with van der Waals surface area (Å²) in [4.78, 5) is 31.7. The summed E-state index contributed by atoms with van der Waals surface area (Å²) >= 11 is 0. The molecule has 2 atom stereocenters. The number of rotatable bonds is 5. The van der Waals surface area contributed by atoms with E-state index >= 15 is 0 Å². The number of hydrogen-bond donors (Lipinski definition) is 1. The first-order chi connectivity index (χ1) is 13.8. The topological polar surface area (TPSA) is 101 Å². The number of sulfone groups is 1. The van der Waals surface area contributed by atoms with Gasteiger partial charge in [-0.1, -0.05) is 12.1 Å². The zero-order chi connectivity index (χ0) is 20.6. The number of aromatic nitrogens is 2. The molecule has 0 aliphatic carbocycles. The Kier molecular flexibility index (Phi) is 5.44. The molecule has 0 spiro atoms. The van der Waals surface area contributed by atoms with E-state index in [-0.39, 0.29) is 48.0 Å². The lowest BCUT2D eigenvalue weighted by atomic mass is 10.1. The SMILES string of the molecule is Cc1cccc2c(=O)n(CCC(=O)NC3CS(=O)(=O)CC3N3CCCC3)cnc12. The lowest BCUT2D eigenvalue weighted by Crippen LogP contribution is -2.50. The van der Waals surface area contributed by atoms with Crippen molar-refractivity contribution in [2.75, 3.05) is 24.6 Å². The van der Waals surface area contributed by atoms with Crippen LogP contribution >= 0.6 is 0 Å². The van der Waals surface area contributed by atoms with Gasteiger partial charge < -0.3 is 5.32 Å². The van der Waals surface area contributed by atoms with Crippen LogP contribution in [0.15, 0.2) is 29.3 Å². The fraction of sp³-hybridized carbons (Fsp3) is 0.550. The molecule has 156 valence electrons. The normalized spacial score (nSPS) is 24.2. The van der Waals surface area contributed by atoms with E-state index in [1.165, 1.54) is 10.9 Å². The van der Waals surface area contributed by atoms with Crippen LogP contribution in [0.1, 0.15) is 24.8 Å². The van der Waals surface area contributed by atoms with E-state index in [2.05, 4.69) is 15.2 Å². The second kappa shape index (κ2) is 7.87. The van der Waals surface area contributed by atoms with Gasteiger partial charge in [-0.3, -0.25) is 19.1 Å². The molecule has 9 heteroatoms. The number of likely N-dealkylation sites (tertiary alicyclic amines) is 1. The van der Waals surface area contributed by atoms with Crippen LogP contribution in [0.25, 0.3) is 10.9 Å². The lowest BCUT2D eigenvalue weighted by Gasteiger charge is -2.28. The van der Waals surface area contributed by atoms with Gasteiger partial charge in [-0.2, -0.15) is 0 Å². The van der Waals surface area contributed by atoms with Gasteiger partial charge in [-0.25, -0.2) is 13.4 Å².